The third kappa shape index (κ3) is 4.64. The van der Waals surface area contributed by atoms with Crippen molar-refractivity contribution in [3.8, 4) is 0 Å². The van der Waals surface area contributed by atoms with Crippen molar-refractivity contribution in [2.24, 2.45) is 10.2 Å². The van der Waals surface area contributed by atoms with Gasteiger partial charge < -0.3 is 9.84 Å². The van der Waals surface area contributed by atoms with Gasteiger partial charge in [0.15, 0.2) is 17.8 Å². The summed E-state index contributed by atoms with van der Waals surface area (Å²) in [5.74, 6) is -1.91. The first-order valence-electron chi connectivity index (χ1n) is 6.07. The van der Waals surface area contributed by atoms with E-state index < -0.39 is 17.4 Å². The fraction of sp³-hybridized carbons (Fsp3) is 0.214. The van der Waals surface area contributed by atoms with Gasteiger partial charge >= 0.3 is 5.97 Å². The topological polar surface area (TPSA) is 105 Å². The third-order valence-corrected chi connectivity index (χ3v) is 2.36. The number of allylic oxidation sites excluding steroid dienone is 1. The number of carbonyl (C=O) groups excluding carboxylic acids is 3. The van der Waals surface area contributed by atoms with Crippen molar-refractivity contribution in [1.82, 2.24) is 0 Å². The number of aldehydes is 1. The number of aliphatic hydroxyl groups excluding tert-OH is 1. The van der Waals surface area contributed by atoms with Crippen LogP contribution in [-0.4, -0.2) is 29.8 Å². The van der Waals surface area contributed by atoms with Gasteiger partial charge in [0.2, 0.25) is 5.70 Å². The number of benzene rings is 1. The molecule has 7 heteroatoms. The zero-order chi connectivity index (χ0) is 15.8. The van der Waals surface area contributed by atoms with Crippen molar-refractivity contribution in [2.75, 3.05) is 6.61 Å². The number of hydrogen-bond donors (Lipinski definition) is 1. The number of hydrogen-bond acceptors (Lipinski definition) is 7. The maximum Gasteiger partial charge on any atom is 0.362 e. The van der Waals surface area contributed by atoms with Gasteiger partial charge in [-0.2, -0.15) is 5.11 Å². The van der Waals surface area contributed by atoms with Crippen LogP contribution in [0.2, 0.25) is 0 Å². The molecule has 0 aliphatic carbocycles. The number of azo groups is 1. The summed E-state index contributed by atoms with van der Waals surface area (Å²) in [4.78, 5) is 33.2. The lowest BCUT2D eigenvalue weighted by Crippen LogP contribution is -2.09. The first-order chi connectivity index (χ1) is 9.99. The molecule has 21 heavy (non-hydrogen) atoms. The van der Waals surface area contributed by atoms with Crippen molar-refractivity contribution in [3.63, 3.8) is 0 Å². The van der Waals surface area contributed by atoms with Crippen LogP contribution in [-0.2, 0) is 14.3 Å². The minimum atomic E-state index is -0.953. The Balaban J connectivity index is 3.00. The zero-order valence-corrected chi connectivity index (χ0v) is 11.6. The first kappa shape index (κ1) is 16.2. The molecule has 0 saturated carbocycles. The van der Waals surface area contributed by atoms with E-state index in [1.165, 1.54) is 19.1 Å². The number of carbonyl (C=O) groups is 3. The number of esters is 1. The third-order valence-electron chi connectivity index (χ3n) is 2.36. The second-order valence-corrected chi connectivity index (χ2v) is 3.88. The summed E-state index contributed by atoms with van der Waals surface area (Å²) in [6.45, 7) is 3.07. The molecule has 0 aromatic heterocycles. The van der Waals surface area contributed by atoms with Gasteiger partial charge in [-0.1, -0.05) is 0 Å². The predicted octanol–water partition coefficient (Wildman–Crippen LogP) is 2.50. The normalized spacial score (nSPS) is 11.9. The molecule has 0 saturated heterocycles. The van der Waals surface area contributed by atoms with Gasteiger partial charge in [-0.15, -0.1) is 5.11 Å². The highest BCUT2D eigenvalue weighted by Gasteiger charge is 2.16. The van der Waals surface area contributed by atoms with Crippen LogP contribution >= 0.6 is 0 Å². The van der Waals surface area contributed by atoms with Crippen molar-refractivity contribution in [3.05, 3.63) is 41.3 Å². The SMILES string of the molecule is CCOC(=O)/C(N=Nc1ccc(C(C)=O)cc1)=C(/O)C=O. The van der Waals surface area contributed by atoms with E-state index in [0.717, 1.165) is 0 Å². The van der Waals surface area contributed by atoms with Gasteiger partial charge in [0.25, 0.3) is 0 Å². The van der Waals surface area contributed by atoms with Gasteiger partial charge in [0, 0.05) is 5.56 Å². The van der Waals surface area contributed by atoms with Crippen molar-refractivity contribution in [2.45, 2.75) is 13.8 Å². The number of ketones is 1. The summed E-state index contributed by atoms with van der Waals surface area (Å²) in [5.41, 5.74) is 0.272. The standard InChI is InChI=1S/C14H14N2O5/c1-3-21-14(20)13(12(19)8-17)16-15-11-6-4-10(5-7-11)9(2)18/h4-8,19H,3H2,1-2H3/b13-12-,16-15?. The lowest BCUT2D eigenvalue weighted by Gasteiger charge is -2.01. The van der Waals surface area contributed by atoms with Gasteiger partial charge in [0.05, 0.1) is 12.3 Å². The van der Waals surface area contributed by atoms with Crippen LogP contribution in [0.3, 0.4) is 0 Å². The second-order valence-electron chi connectivity index (χ2n) is 3.88. The Bertz CT molecular complexity index is 602. The van der Waals surface area contributed by atoms with Gasteiger partial charge in [-0.25, -0.2) is 4.79 Å². The molecule has 0 amide bonds. The number of rotatable bonds is 6. The Morgan fingerprint density at radius 2 is 1.90 bits per heavy atom. The molecule has 7 nitrogen and oxygen atoms in total. The van der Waals surface area contributed by atoms with Crippen LogP contribution in [0.25, 0.3) is 0 Å². The number of Topliss-reactive ketones (excluding diaryl/α,β-unsaturated/α-hetero) is 1. The number of aliphatic hydroxyl groups is 1. The molecule has 1 aromatic rings. The smallest absolute Gasteiger partial charge is 0.362 e. The predicted molar refractivity (Wildman–Crippen MR) is 73.3 cm³/mol. The molecule has 0 heterocycles. The minimum absolute atomic E-state index is 0.0668. The van der Waals surface area contributed by atoms with Gasteiger partial charge in [0.1, 0.15) is 0 Å². The molecule has 0 radical (unpaired) electrons. The molecule has 0 fully saturated rings. The molecule has 0 bridgehead atoms. The van der Waals surface area contributed by atoms with Crippen molar-refractivity contribution < 1.29 is 24.2 Å². The number of nitrogens with zero attached hydrogens (tertiary/aromatic N) is 2. The van der Waals surface area contributed by atoms with Gasteiger partial charge in [-0.3, -0.25) is 9.59 Å². The zero-order valence-electron chi connectivity index (χ0n) is 11.6. The summed E-state index contributed by atoms with van der Waals surface area (Å²) < 4.78 is 4.65. The lowest BCUT2D eigenvalue weighted by molar-refractivity contribution is -0.139. The average Bonchev–Trinajstić information content (AvgIpc) is 2.47. The summed E-state index contributed by atoms with van der Waals surface area (Å²) in [6, 6.07) is 6.12. The van der Waals surface area contributed by atoms with E-state index in [0.29, 0.717) is 11.3 Å². The molecular formula is C14H14N2O5. The molecule has 0 aliphatic heterocycles. The monoisotopic (exact) mass is 290 g/mol. The molecule has 0 atom stereocenters. The average molecular weight is 290 g/mol. The van der Waals surface area contributed by atoms with E-state index in [2.05, 4.69) is 15.0 Å². The van der Waals surface area contributed by atoms with Crippen LogP contribution in [0.1, 0.15) is 24.2 Å². The number of ether oxygens (including phenoxy) is 1. The largest absolute Gasteiger partial charge is 0.503 e. The molecular weight excluding hydrogens is 276 g/mol. The van der Waals surface area contributed by atoms with Gasteiger partial charge in [-0.05, 0) is 38.1 Å². The summed E-state index contributed by atoms with van der Waals surface area (Å²) in [5, 5.41) is 16.6. The Labute approximate surface area is 121 Å². The van der Waals surface area contributed by atoms with Crippen LogP contribution in [0.4, 0.5) is 5.69 Å². The summed E-state index contributed by atoms with van der Waals surface area (Å²) >= 11 is 0. The first-order valence-corrected chi connectivity index (χ1v) is 6.07. The molecule has 0 spiro atoms. The molecule has 1 N–H and O–H groups in total. The Hall–Kier alpha value is -2.83. The van der Waals surface area contributed by atoms with Crippen LogP contribution in [0, 0.1) is 0 Å². The highest BCUT2D eigenvalue weighted by Crippen LogP contribution is 2.16. The fourth-order valence-electron chi connectivity index (χ4n) is 1.32. The van der Waals surface area contributed by atoms with Crippen molar-refractivity contribution >= 4 is 23.7 Å². The summed E-state index contributed by atoms with van der Waals surface area (Å²) in [6.07, 6.45) is 0.0735. The lowest BCUT2D eigenvalue weighted by atomic mass is 10.1. The van der Waals surface area contributed by atoms with E-state index >= 15 is 0 Å². The van der Waals surface area contributed by atoms with E-state index in [1.807, 2.05) is 0 Å². The Morgan fingerprint density at radius 1 is 1.29 bits per heavy atom. The van der Waals surface area contributed by atoms with E-state index in [1.54, 1.807) is 19.1 Å². The highest BCUT2D eigenvalue weighted by atomic mass is 16.5. The molecule has 110 valence electrons. The maximum absolute atomic E-state index is 11.5. The van der Waals surface area contributed by atoms with Crippen LogP contribution < -0.4 is 0 Å². The molecule has 0 aliphatic rings. The maximum atomic E-state index is 11.5. The van der Waals surface area contributed by atoms with E-state index in [-0.39, 0.29) is 18.7 Å². The van der Waals surface area contributed by atoms with Crippen LogP contribution in [0.5, 0.6) is 0 Å². The fourth-order valence-corrected chi connectivity index (χ4v) is 1.32. The van der Waals surface area contributed by atoms with E-state index in [9.17, 15) is 19.5 Å². The Morgan fingerprint density at radius 3 is 2.38 bits per heavy atom. The molecule has 1 rings (SSSR count). The molecule has 1 aromatic carbocycles. The van der Waals surface area contributed by atoms with E-state index in [4.69, 9.17) is 0 Å². The summed E-state index contributed by atoms with van der Waals surface area (Å²) in [7, 11) is 0. The second kappa shape index (κ2) is 7.68. The Kier molecular flexibility index (Phi) is 5.94. The van der Waals surface area contributed by atoms with Crippen LogP contribution in [0.15, 0.2) is 46.0 Å². The quantitative estimate of drug-likeness (QED) is 0.216. The van der Waals surface area contributed by atoms with Crippen molar-refractivity contribution in [1.29, 1.82) is 0 Å². The molecule has 0 unspecified atom stereocenters. The highest BCUT2D eigenvalue weighted by molar-refractivity contribution is 5.94. The minimum Gasteiger partial charge on any atom is -0.503 e.